The van der Waals surface area contributed by atoms with Gasteiger partial charge in [0.1, 0.15) is 0 Å². The number of aryl methyl sites for hydroxylation is 1. The van der Waals surface area contributed by atoms with Crippen LogP contribution in [0.2, 0.25) is 0 Å². The molecule has 0 aliphatic rings. The predicted molar refractivity (Wildman–Crippen MR) is 72.6 cm³/mol. The zero-order chi connectivity index (χ0) is 13.2. The van der Waals surface area contributed by atoms with Crippen LogP contribution in [-0.2, 0) is 13.5 Å². The summed E-state index contributed by atoms with van der Waals surface area (Å²) in [5.74, 6) is 0. The molecule has 0 aliphatic heterocycles. The van der Waals surface area contributed by atoms with Crippen molar-refractivity contribution in [3.05, 3.63) is 41.9 Å². The van der Waals surface area contributed by atoms with Crippen LogP contribution in [0.5, 0.6) is 0 Å². The minimum Gasteiger partial charge on any atom is -0.311 e. The van der Waals surface area contributed by atoms with E-state index in [0.717, 1.165) is 23.3 Å². The monoisotopic (exact) mass is 256 g/mol. The van der Waals surface area contributed by atoms with Crippen LogP contribution in [-0.4, -0.2) is 32.2 Å². The number of nitrogens with zero attached hydrogens (tertiary/aromatic N) is 4. The van der Waals surface area contributed by atoms with Crippen LogP contribution in [0.1, 0.15) is 17.4 Å². The summed E-state index contributed by atoms with van der Waals surface area (Å²) in [5, 5.41) is 19.7. The molecule has 0 bridgehead atoms. The van der Waals surface area contributed by atoms with Gasteiger partial charge in [-0.15, -0.1) is 0 Å². The second kappa shape index (κ2) is 4.81. The highest BCUT2D eigenvalue weighted by Gasteiger charge is 2.17. The zero-order valence-corrected chi connectivity index (χ0v) is 11.0. The first-order valence-corrected chi connectivity index (χ1v) is 6.23. The molecule has 19 heavy (non-hydrogen) atoms. The Kier molecular flexibility index (Phi) is 3.00. The molecule has 1 aromatic carbocycles. The fourth-order valence-electron chi connectivity index (χ4n) is 2.37. The Morgan fingerprint density at radius 3 is 2.95 bits per heavy atom. The molecule has 0 saturated carbocycles. The van der Waals surface area contributed by atoms with Gasteiger partial charge in [0.25, 0.3) is 0 Å². The lowest BCUT2D eigenvalue weighted by molar-refractivity contribution is 0.563. The van der Waals surface area contributed by atoms with Crippen molar-refractivity contribution in [1.82, 2.24) is 30.5 Å². The molecule has 0 saturated heterocycles. The van der Waals surface area contributed by atoms with Gasteiger partial charge < -0.3 is 5.32 Å². The van der Waals surface area contributed by atoms with Gasteiger partial charge in [-0.1, -0.05) is 18.2 Å². The molecule has 3 aromatic rings. The Balaban J connectivity index is 1.97. The second-order valence-electron chi connectivity index (χ2n) is 4.53. The van der Waals surface area contributed by atoms with Crippen molar-refractivity contribution in [3.63, 3.8) is 0 Å². The van der Waals surface area contributed by atoms with Crippen LogP contribution in [0, 0.1) is 0 Å². The largest absolute Gasteiger partial charge is 0.311 e. The third-order valence-electron chi connectivity index (χ3n) is 3.37. The summed E-state index contributed by atoms with van der Waals surface area (Å²) < 4.78 is 1.92. The van der Waals surface area contributed by atoms with Crippen molar-refractivity contribution in [3.8, 4) is 0 Å². The number of rotatable bonds is 4. The van der Waals surface area contributed by atoms with Gasteiger partial charge in [-0.3, -0.25) is 4.68 Å². The molecule has 1 unspecified atom stereocenters. The lowest BCUT2D eigenvalue weighted by Gasteiger charge is -2.11. The fourth-order valence-corrected chi connectivity index (χ4v) is 2.37. The molecule has 0 fully saturated rings. The maximum atomic E-state index is 4.61. The molecular formula is C13H16N6. The number of likely N-dealkylation sites (N-methyl/N-ethyl adjacent to an activating group) is 1. The van der Waals surface area contributed by atoms with Gasteiger partial charge in [0.2, 0.25) is 0 Å². The van der Waals surface area contributed by atoms with E-state index in [4.69, 9.17) is 0 Å². The second-order valence-corrected chi connectivity index (χ2v) is 4.53. The molecule has 0 amide bonds. The van der Waals surface area contributed by atoms with Crippen LogP contribution in [0.15, 0.2) is 30.5 Å². The third-order valence-corrected chi connectivity index (χ3v) is 3.37. The van der Waals surface area contributed by atoms with Crippen molar-refractivity contribution < 1.29 is 0 Å². The summed E-state index contributed by atoms with van der Waals surface area (Å²) in [5.41, 5.74) is 3.12. The minimum atomic E-state index is 0.108. The molecule has 98 valence electrons. The first-order chi connectivity index (χ1) is 9.29. The number of fused-ring (bicyclic) bond motifs is 1. The molecule has 0 radical (unpaired) electrons. The fraction of sp³-hybridized carbons (Fsp3) is 0.308. The molecule has 6 heteroatoms. The Morgan fingerprint density at radius 1 is 1.37 bits per heavy atom. The lowest BCUT2D eigenvalue weighted by atomic mass is 10.1. The molecule has 3 rings (SSSR count). The van der Waals surface area contributed by atoms with Crippen molar-refractivity contribution in [2.24, 2.45) is 7.05 Å². The standard InChI is InChI=1S/C13H16N6/c1-14-11(12-8-15-18-16-12)7-10-9-5-3-4-6-13(9)19(2)17-10/h3-6,8,11,14H,7H2,1-2H3,(H,15,16,18). The Bertz CT molecular complexity index is 670. The number of aromatic nitrogens is 5. The highest BCUT2D eigenvalue weighted by molar-refractivity contribution is 5.81. The highest BCUT2D eigenvalue weighted by Crippen LogP contribution is 2.22. The molecule has 0 spiro atoms. The predicted octanol–water partition coefficient (Wildman–Crippen LogP) is 1.19. The Hall–Kier alpha value is -2.21. The van der Waals surface area contributed by atoms with Crippen molar-refractivity contribution >= 4 is 10.9 Å². The molecule has 6 nitrogen and oxygen atoms in total. The topological polar surface area (TPSA) is 71.4 Å². The summed E-state index contributed by atoms with van der Waals surface area (Å²) in [6, 6.07) is 8.36. The van der Waals surface area contributed by atoms with E-state index in [1.807, 2.05) is 30.9 Å². The molecule has 2 heterocycles. The van der Waals surface area contributed by atoms with E-state index in [1.54, 1.807) is 6.20 Å². The van der Waals surface area contributed by atoms with Gasteiger partial charge in [0.15, 0.2) is 0 Å². The Morgan fingerprint density at radius 2 is 2.21 bits per heavy atom. The van der Waals surface area contributed by atoms with E-state index < -0.39 is 0 Å². The van der Waals surface area contributed by atoms with E-state index in [2.05, 4.69) is 38.0 Å². The number of aromatic amines is 1. The van der Waals surface area contributed by atoms with Crippen LogP contribution < -0.4 is 5.32 Å². The maximum absolute atomic E-state index is 4.61. The van der Waals surface area contributed by atoms with Crippen LogP contribution in [0.25, 0.3) is 10.9 Å². The van der Waals surface area contributed by atoms with E-state index in [0.29, 0.717) is 0 Å². The van der Waals surface area contributed by atoms with Gasteiger partial charge in [-0.05, 0) is 13.1 Å². The van der Waals surface area contributed by atoms with E-state index >= 15 is 0 Å². The van der Waals surface area contributed by atoms with Gasteiger partial charge in [-0.2, -0.15) is 20.5 Å². The van der Waals surface area contributed by atoms with E-state index in [1.165, 1.54) is 5.39 Å². The molecule has 2 aromatic heterocycles. The van der Waals surface area contributed by atoms with Gasteiger partial charge in [-0.25, -0.2) is 0 Å². The molecule has 2 N–H and O–H groups in total. The first kappa shape index (κ1) is 11.9. The van der Waals surface area contributed by atoms with Crippen molar-refractivity contribution in [2.75, 3.05) is 7.05 Å². The van der Waals surface area contributed by atoms with Crippen LogP contribution >= 0.6 is 0 Å². The maximum Gasteiger partial charge on any atom is 0.0997 e. The normalized spacial score (nSPS) is 12.9. The van der Waals surface area contributed by atoms with Gasteiger partial charge in [0.05, 0.1) is 29.1 Å². The van der Waals surface area contributed by atoms with E-state index in [-0.39, 0.29) is 6.04 Å². The number of benzene rings is 1. The summed E-state index contributed by atoms with van der Waals surface area (Å²) in [6.07, 6.45) is 2.52. The highest BCUT2D eigenvalue weighted by atomic mass is 15.3. The van der Waals surface area contributed by atoms with Gasteiger partial charge in [0, 0.05) is 18.9 Å². The van der Waals surface area contributed by atoms with Gasteiger partial charge >= 0.3 is 0 Å². The molecular weight excluding hydrogens is 240 g/mol. The van der Waals surface area contributed by atoms with Crippen molar-refractivity contribution in [2.45, 2.75) is 12.5 Å². The number of hydrogen-bond acceptors (Lipinski definition) is 4. The SMILES string of the molecule is CNC(Cc1nn(C)c2ccccc12)c1cn[nH]n1. The average Bonchev–Trinajstić information content (AvgIpc) is 3.06. The quantitative estimate of drug-likeness (QED) is 0.735. The third kappa shape index (κ3) is 2.10. The Labute approximate surface area is 110 Å². The smallest absolute Gasteiger partial charge is 0.0997 e. The zero-order valence-electron chi connectivity index (χ0n) is 11.0. The molecule has 1 atom stereocenters. The first-order valence-electron chi connectivity index (χ1n) is 6.23. The number of H-pyrrole nitrogens is 1. The summed E-state index contributed by atoms with van der Waals surface area (Å²) in [4.78, 5) is 0. The lowest BCUT2D eigenvalue weighted by Crippen LogP contribution is -2.19. The number of nitrogens with one attached hydrogen (secondary N) is 2. The number of para-hydroxylation sites is 1. The number of hydrogen-bond donors (Lipinski definition) is 2. The summed E-state index contributed by atoms with van der Waals surface area (Å²) in [6.45, 7) is 0. The summed E-state index contributed by atoms with van der Waals surface area (Å²) in [7, 11) is 3.89. The minimum absolute atomic E-state index is 0.108. The van der Waals surface area contributed by atoms with Crippen LogP contribution in [0.3, 0.4) is 0 Å². The van der Waals surface area contributed by atoms with E-state index in [9.17, 15) is 0 Å². The summed E-state index contributed by atoms with van der Waals surface area (Å²) >= 11 is 0. The van der Waals surface area contributed by atoms with Crippen molar-refractivity contribution in [1.29, 1.82) is 0 Å². The van der Waals surface area contributed by atoms with Crippen LogP contribution in [0.4, 0.5) is 0 Å². The average molecular weight is 256 g/mol. The molecule has 0 aliphatic carbocycles.